The summed E-state index contributed by atoms with van der Waals surface area (Å²) < 4.78 is 23.3. The lowest BCUT2D eigenvalue weighted by molar-refractivity contribution is 0.0696. The Morgan fingerprint density at radius 3 is 2.80 bits per heavy atom. The molecule has 1 saturated heterocycles. The molecule has 0 spiro atoms. The molecule has 1 aromatic carbocycles. The zero-order valence-corrected chi connectivity index (χ0v) is 21.1. The minimum atomic E-state index is -1.23. The lowest BCUT2D eigenvalue weighted by atomic mass is 10.0. The molecule has 3 aromatic heterocycles. The van der Waals surface area contributed by atoms with E-state index in [9.17, 15) is 14.3 Å². The number of nitrogens with one attached hydrogen (secondary N) is 1. The molecular formula is C24H29FN6O3Si. The second-order valence-electron chi connectivity index (χ2n) is 10.3. The molecule has 0 radical (unpaired) electrons. The number of aromatic carboxylic acids is 1. The van der Waals surface area contributed by atoms with Crippen molar-refractivity contribution in [3.63, 3.8) is 0 Å². The predicted molar refractivity (Wildman–Crippen MR) is 134 cm³/mol. The van der Waals surface area contributed by atoms with Gasteiger partial charge in [-0.15, -0.1) is 0 Å². The number of aromatic nitrogens is 5. The SMILES string of the molecule is C[Si](C)(C)CCOCn1cc(C(=O)O)c2nc(-c3nn(CC4CNC4)c4cc(F)ccc34)cnc21. The third-order valence-electron chi connectivity index (χ3n) is 6.28. The van der Waals surface area contributed by atoms with E-state index in [4.69, 9.17) is 9.84 Å². The Balaban J connectivity index is 1.52. The minimum Gasteiger partial charge on any atom is -0.478 e. The van der Waals surface area contributed by atoms with Gasteiger partial charge in [-0.05, 0) is 24.2 Å². The predicted octanol–water partition coefficient (Wildman–Crippen LogP) is 3.82. The van der Waals surface area contributed by atoms with Crippen LogP contribution in [0.4, 0.5) is 4.39 Å². The van der Waals surface area contributed by atoms with Gasteiger partial charge in [0.2, 0.25) is 0 Å². The largest absolute Gasteiger partial charge is 0.478 e. The average Bonchev–Trinajstić information content (AvgIpc) is 3.31. The fraction of sp³-hybridized carbons (Fsp3) is 0.417. The standard InChI is InChI=1S/C24H29FN6O3Si/c1-35(2,3)7-6-34-14-30-13-18(24(32)33)22-23(30)27-11-19(28-22)21-17-5-4-16(25)8-20(17)31(29-21)12-15-9-26-10-15/h4-5,8,11,13,15,26H,6-7,9-10,12,14H2,1-3H3,(H,32,33). The molecule has 0 saturated carbocycles. The van der Waals surface area contributed by atoms with Crippen LogP contribution >= 0.6 is 0 Å². The summed E-state index contributed by atoms with van der Waals surface area (Å²) in [4.78, 5) is 21.2. The molecule has 4 aromatic rings. The number of rotatable bonds is 9. The second-order valence-corrected chi connectivity index (χ2v) is 15.9. The molecule has 1 fully saturated rings. The quantitative estimate of drug-likeness (QED) is 0.268. The summed E-state index contributed by atoms with van der Waals surface area (Å²) in [5, 5.41) is 18.5. The average molecular weight is 497 g/mol. The molecule has 1 aliphatic heterocycles. The molecule has 5 rings (SSSR count). The van der Waals surface area contributed by atoms with Crippen molar-refractivity contribution >= 4 is 36.1 Å². The highest BCUT2D eigenvalue weighted by molar-refractivity contribution is 6.76. The van der Waals surface area contributed by atoms with Gasteiger partial charge < -0.3 is 19.7 Å². The number of fused-ring (bicyclic) bond motifs is 2. The van der Waals surface area contributed by atoms with Gasteiger partial charge in [0.25, 0.3) is 0 Å². The molecule has 2 N–H and O–H groups in total. The summed E-state index contributed by atoms with van der Waals surface area (Å²) in [6, 6.07) is 5.57. The number of ether oxygens (including phenoxy) is 1. The first-order valence-electron chi connectivity index (χ1n) is 11.7. The lowest BCUT2D eigenvalue weighted by Gasteiger charge is -2.27. The summed E-state index contributed by atoms with van der Waals surface area (Å²) in [5.41, 5.74) is 2.45. The summed E-state index contributed by atoms with van der Waals surface area (Å²) in [6.07, 6.45) is 3.11. The van der Waals surface area contributed by atoms with Crippen LogP contribution < -0.4 is 5.32 Å². The van der Waals surface area contributed by atoms with E-state index < -0.39 is 14.0 Å². The third kappa shape index (κ3) is 4.84. The van der Waals surface area contributed by atoms with Crippen LogP contribution in [-0.2, 0) is 18.0 Å². The van der Waals surface area contributed by atoms with E-state index in [0.717, 1.165) is 24.5 Å². The van der Waals surface area contributed by atoms with Crippen LogP contribution in [0.5, 0.6) is 0 Å². The van der Waals surface area contributed by atoms with Gasteiger partial charge in [-0.3, -0.25) is 4.68 Å². The molecule has 35 heavy (non-hydrogen) atoms. The summed E-state index contributed by atoms with van der Waals surface area (Å²) in [5.74, 6) is -0.994. The molecule has 0 bridgehead atoms. The molecular weight excluding hydrogens is 467 g/mol. The van der Waals surface area contributed by atoms with Gasteiger partial charge in [0.05, 0.1) is 11.7 Å². The van der Waals surface area contributed by atoms with Crippen molar-refractivity contribution in [3.8, 4) is 11.4 Å². The first-order valence-corrected chi connectivity index (χ1v) is 15.4. The van der Waals surface area contributed by atoms with Crippen LogP contribution in [0.3, 0.4) is 0 Å². The van der Waals surface area contributed by atoms with Crippen molar-refractivity contribution in [1.29, 1.82) is 0 Å². The van der Waals surface area contributed by atoms with E-state index in [-0.39, 0.29) is 23.6 Å². The van der Waals surface area contributed by atoms with E-state index in [1.165, 1.54) is 18.3 Å². The summed E-state index contributed by atoms with van der Waals surface area (Å²) in [7, 11) is -1.23. The van der Waals surface area contributed by atoms with E-state index >= 15 is 0 Å². The van der Waals surface area contributed by atoms with Gasteiger partial charge in [0, 0.05) is 51.8 Å². The van der Waals surface area contributed by atoms with E-state index in [2.05, 4.69) is 34.9 Å². The van der Waals surface area contributed by atoms with Crippen molar-refractivity contribution in [2.75, 3.05) is 19.7 Å². The highest BCUT2D eigenvalue weighted by atomic mass is 28.3. The number of nitrogens with zero attached hydrogens (tertiary/aromatic N) is 5. The number of hydrogen-bond donors (Lipinski definition) is 2. The Morgan fingerprint density at radius 2 is 2.11 bits per heavy atom. The van der Waals surface area contributed by atoms with Crippen LogP contribution in [-0.4, -0.2) is 63.2 Å². The molecule has 1 aliphatic rings. The van der Waals surface area contributed by atoms with Crippen molar-refractivity contribution < 1.29 is 19.0 Å². The van der Waals surface area contributed by atoms with Gasteiger partial charge in [-0.2, -0.15) is 5.10 Å². The maximum Gasteiger partial charge on any atom is 0.339 e. The Bertz CT molecular complexity index is 1410. The number of hydrogen-bond acceptors (Lipinski definition) is 6. The van der Waals surface area contributed by atoms with E-state index in [1.54, 1.807) is 21.5 Å². The zero-order chi connectivity index (χ0) is 24.7. The minimum absolute atomic E-state index is 0.0541. The number of halogens is 1. The van der Waals surface area contributed by atoms with Crippen molar-refractivity contribution in [1.82, 2.24) is 29.6 Å². The highest BCUT2D eigenvalue weighted by Crippen LogP contribution is 2.30. The fourth-order valence-electron chi connectivity index (χ4n) is 4.16. The normalized spacial score (nSPS) is 14.6. The summed E-state index contributed by atoms with van der Waals surface area (Å²) >= 11 is 0. The van der Waals surface area contributed by atoms with Crippen LogP contribution in [0.2, 0.25) is 25.7 Å². The monoisotopic (exact) mass is 496 g/mol. The number of carboxylic acids is 1. The first kappa shape index (κ1) is 23.6. The Hall–Kier alpha value is -3.15. The maximum atomic E-state index is 14.0. The molecule has 0 aliphatic carbocycles. The molecule has 11 heteroatoms. The van der Waals surface area contributed by atoms with Crippen LogP contribution in [0.25, 0.3) is 33.5 Å². The van der Waals surface area contributed by atoms with Gasteiger partial charge in [0.15, 0.2) is 5.65 Å². The van der Waals surface area contributed by atoms with Crippen molar-refractivity contribution in [3.05, 3.63) is 42.0 Å². The van der Waals surface area contributed by atoms with Crippen LogP contribution in [0.15, 0.2) is 30.6 Å². The van der Waals surface area contributed by atoms with Gasteiger partial charge in [-0.1, -0.05) is 19.6 Å². The third-order valence-corrected chi connectivity index (χ3v) is 7.98. The van der Waals surface area contributed by atoms with Crippen molar-refractivity contribution in [2.45, 2.75) is 39.0 Å². The van der Waals surface area contributed by atoms with E-state index in [1.807, 2.05) is 0 Å². The van der Waals surface area contributed by atoms with Gasteiger partial charge in [0.1, 0.15) is 35.0 Å². The van der Waals surface area contributed by atoms with Gasteiger partial charge >= 0.3 is 5.97 Å². The molecule has 9 nitrogen and oxygen atoms in total. The smallest absolute Gasteiger partial charge is 0.339 e. The topological polar surface area (TPSA) is 107 Å². The lowest BCUT2D eigenvalue weighted by Crippen LogP contribution is -2.44. The molecule has 184 valence electrons. The van der Waals surface area contributed by atoms with Crippen LogP contribution in [0.1, 0.15) is 10.4 Å². The van der Waals surface area contributed by atoms with Crippen LogP contribution in [0, 0.1) is 11.7 Å². The van der Waals surface area contributed by atoms with Crippen molar-refractivity contribution in [2.24, 2.45) is 5.92 Å². The zero-order valence-electron chi connectivity index (χ0n) is 20.1. The molecule has 0 amide bonds. The molecule has 0 unspecified atom stereocenters. The fourth-order valence-corrected chi connectivity index (χ4v) is 4.92. The van der Waals surface area contributed by atoms with Gasteiger partial charge in [-0.25, -0.2) is 19.2 Å². The second kappa shape index (κ2) is 9.13. The summed E-state index contributed by atoms with van der Waals surface area (Å²) in [6.45, 7) is 10.1. The highest BCUT2D eigenvalue weighted by Gasteiger charge is 2.23. The number of benzene rings is 1. The van der Waals surface area contributed by atoms with E-state index in [0.29, 0.717) is 41.6 Å². The Morgan fingerprint density at radius 1 is 1.31 bits per heavy atom. The maximum absolute atomic E-state index is 14.0. The number of carboxylic acid groups (broad SMARTS) is 1. The Kier molecular flexibility index (Phi) is 6.15. The molecule has 4 heterocycles. The molecule has 0 atom stereocenters. The Labute approximate surface area is 202 Å². The number of carbonyl (C=O) groups is 1. The first-order chi connectivity index (χ1) is 16.7.